The number of carbonyl (C=O) groups is 2. The van der Waals surface area contributed by atoms with Gasteiger partial charge in [0, 0.05) is 10.0 Å². The fourth-order valence-corrected chi connectivity index (χ4v) is 1.32. The van der Waals surface area contributed by atoms with Crippen molar-refractivity contribution in [2.75, 3.05) is 0 Å². The van der Waals surface area contributed by atoms with Gasteiger partial charge in [-0.1, -0.05) is 28.1 Å². The minimum absolute atomic E-state index is 0.387. The SMILES string of the molecule is CC(C)(C(=O)O)C(=O)c1ccc(Br)cc1. The van der Waals surface area contributed by atoms with E-state index in [-0.39, 0.29) is 5.78 Å². The predicted octanol–water partition coefficient (Wildman–Crippen LogP) is 2.74. The normalized spacial score (nSPS) is 11.1. The molecule has 80 valence electrons. The van der Waals surface area contributed by atoms with E-state index in [0.29, 0.717) is 5.56 Å². The van der Waals surface area contributed by atoms with E-state index in [0.717, 1.165) is 4.47 Å². The Bertz CT molecular complexity index is 393. The molecule has 0 amide bonds. The van der Waals surface area contributed by atoms with E-state index in [1.54, 1.807) is 24.3 Å². The van der Waals surface area contributed by atoms with Crippen molar-refractivity contribution < 1.29 is 14.7 Å². The van der Waals surface area contributed by atoms with Crippen molar-refractivity contribution in [2.24, 2.45) is 5.41 Å². The van der Waals surface area contributed by atoms with Crippen LogP contribution in [0.5, 0.6) is 0 Å². The average molecular weight is 271 g/mol. The van der Waals surface area contributed by atoms with Crippen LogP contribution < -0.4 is 0 Å². The van der Waals surface area contributed by atoms with Crippen molar-refractivity contribution in [3.05, 3.63) is 34.3 Å². The van der Waals surface area contributed by atoms with Gasteiger partial charge in [0.15, 0.2) is 5.78 Å². The number of aliphatic carboxylic acids is 1. The van der Waals surface area contributed by atoms with Gasteiger partial charge in [0.2, 0.25) is 0 Å². The van der Waals surface area contributed by atoms with E-state index in [9.17, 15) is 9.59 Å². The molecule has 3 nitrogen and oxygen atoms in total. The van der Waals surface area contributed by atoms with E-state index in [2.05, 4.69) is 15.9 Å². The molecule has 1 aromatic carbocycles. The van der Waals surface area contributed by atoms with Crippen molar-refractivity contribution in [3.63, 3.8) is 0 Å². The summed E-state index contributed by atoms with van der Waals surface area (Å²) >= 11 is 3.25. The number of carbonyl (C=O) groups excluding carboxylic acids is 1. The lowest BCUT2D eigenvalue weighted by Gasteiger charge is -2.17. The van der Waals surface area contributed by atoms with Gasteiger partial charge in [0.25, 0.3) is 0 Å². The zero-order valence-corrected chi connectivity index (χ0v) is 10.0. The second kappa shape index (κ2) is 4.14. The highest BCUT2D eigenvalue weighted by atomic mass is 79.9. The quantitative estimate of drug-likeness (QED) is 0.679. The van der Waals surface area contributed by atoms with Crippen molar-refractivity contribution in [3.8, 4) is 0 Å². The topological polar surface area (TPSA) is 54.4 Å². The van der Waals surface area contributed by atoms with Crippen LogP contribution in [0.15, 0.2) is 28.7 Å². The maximum absolute atomic E-state index is 11.8. The molecule has 0 radical (unpaired) electrons. The van der Waals surface area contributed by atoms with E-state index in [4.69, 9.17) is 5.11 Å². The van der Waals surface area contributed by atoms with E-state index < -0.39 is 11.4 Å². The molecule has 0 bridgehead atoms. The van der Waals surface area contributed by atoms with Crippen LogP contribution in [0.4, 0.5) is 0 Å². The van der Waals surface area contributed by atoms with Crippen LogP contribution >= 0.6 is 15.9 Å². The molecular formula is C11H11BrO3. The van der Waals surface area contributed by atoms with Crippen molar-refractivity contribution in [1.82, 2.24) is 0 Å². The van der Waals surface area contributed by atoms with Crippen LogP contribution in [0, 0.1) is 5.41 Å². The molecule has 0 aromatic heterocycles. The summed E-state index contributed by atoms with van der Waals surface area (Å²) in [4.78, 5) is 22.7. The second-order valence-corrected chi connectivity index (χ2v) is 4.68. The monoisotopic (exact) mass is 270 g/mol. The molecule has 0 aliphatic carbocycles. The first-order valence-electron chi connectivity index (χ1n) is 4.39. The van der Waals surface area contributed by atoms with Gasteiger partial charge in [0.05, 0.1) is 0 Å². The highest BCUT2D eigenvalue weighted by Gasteiger charge is 2.36. The Balaban J connectivity index is 3.05. The maximum Gasteiger partial charge on any atom is 0.316 e. The summed E-state index contributed by atoms with van der Waals surface area (Å²) in [6, 6.07) is 6.64. The summed E-state index contributed by atoms with van der Waals surface area (Å²) in [5.74, 6) is -1.50. The third-order valence-electron chi connectivity index (χ3n) is 2.21. The first-order chi connectivity index (χ1) is 6.85. The summed E-state index contributed by atoms with van der Waals surface area (Å²) < 4.78 is 0.854. The molecule has 1 aromatic rings. The summed E-state index contributed by atoms with van der Waals surface area (Å²) in [6.45, 7) is 2.80. The Morgan fingerprint density at radius 2 is 1.67 bits per heavy atom. The summed E-state index contributed by atoms with van der Waals surface area (Å²) in [5.41, 5.74) is -0.973. The highest BCUT2D eigenvalue weighted by Crippen LogP contribution is 2.23. The van der Waals surface area contributed by atoms with Crippen LogP contribution in [0.3, 0.4) is 0 Å². The molecule has 15 heavy (non-hydrogen) atoms. The van der Waals surface area contributed by atoms with Gasteiger partial charge in [-0.05, 0) is 26.0 Å². The lowest BCUT2D eigenvalue weighted by Crippen LogP contribution is -2.33. The maximum atomic E-state index is 11.8. The number of carboxylic acids is 1. The molecule has 0 spiro atoms. The third kappa shape index (κ3) is 2.45. The summed E-state index contributed by atoms with van der Waals surface area (Å²) in [5, 5.41) is 8.90. The minimum atomic E-state index is -1.38. The molecule has 0 saturated heterocycles. The fraction of sp³-hybridized carbons (Fsp3) is 0.273. The van der Waals surface area contributed by atoms with Crippen LogP contribution in [-0.4, -0.2) is 16.9 Å². The van der Waals surface area contributed by atoms with Crippen LogP contribution in [-0.2, 0) is 4.79 Å². The minimum Gasteiger partial charge on any atom is -0.481 e. The predicted molar refractivity (Wildman–Crippen MR) is 59.9 cm³/mol. The van der Waals surface area contributed by atoms with Crippen molar-refractivity contribution >= 4 is 27.7 Å². The van der Waals surface area contributed by atoms with Gasteiger partial charge in [-0.2, -0.15) is 0 Å². The number of hydrogen-bond acceptors (Lipinski definition) is 2. The first kappa shape index (κ1) is 11.9. The zero-order valence-electron chi connectivity index (χ0n) is 8.45. The summed E-state index contributed by atoms with van der Waals surface area (Å²) in [6.07, 6.45) is 0. The van der Waals surface area contributed by atoms with Gasteiger partial charge in [-0.25, -0.2) is 0 Å². The van der Waals surface area contributed by atoms with Crippen LogP contribution in [0.1, 0.15) is 24.2 Å². The molecule has 0 fully saturated rings. The number of ketones is 1. The second-order valence-electron chi connectivity index (χ2n) is 3.77. The molecule has 0 saturated carbocycles. The molecular weight excluding hydrogens is 260 g/mol. The fourth-order valence-electron chi connectivity index (χ4n) is 1.06. The van der Waals surface area contributed by atoms with Crippen LogP contribution in [0.2, 0.25) is 0 Å². The van der Waals surface area contributed by atoms with Gasteiger partial charge in [-0.15, -0.1) is 0 Å². The van der Waals surface area contributed by atoms with Gasteiger partial charge < -0.3 is 5.11 Å². The Kier molecular flexibility index (Phi) is 3.29. The van der Waals surface area contributed by atoms with Crippen molar-refractivity contribution in [2.45, 2.75) is 13.8 Å². The molecule has 0 aliphatic heterocycles. The molecule has 1 rings (SSSR count). The number of Topliss-reactive ketones (excluding diaryl/α,β-unsaturated/α-hetero) is 1. The largest absolute Gasteiger partial charge is 0.481 e. The van der Waals surface area contributed by atoms with Gasteiger partial charge >= 0.3 is 5.97 Å². The average Bonchev–Trinajstić information content (AvgIpc) is 2.17. The lowest BCUT2D eigenvalue weighted by atomic mass is 9.84. The standard InChI is InChI=1S/C11H11BrO3/c1-11(2,10(14)15)9(13)7-3-5-8(12)6-4-7/h3-6H,1-2H3,(H,14,15). The smallest absolute Gasteiger partial charge is 0.316 e. The lowest BCUT2D eigenvalue weighted by molar-refractivity contribution is -0.144. The van der Waals surface area contributed by atoms with Gasteiger partial charge in [0.1, 0.15) is 5.41 Å². The molecule has 0 aliphatic rings. The van der Waals surface area contributed by atoms with Crippen molar-refractivity contribution in [1.29, 1.82) is 0 Å². The number of hydrogen-bond donors (Lipinski definition) is 1. The number of carboxylic acid groups (broad SMARTS) is 1. The molecule has 4 heteroatoms. The number of halogens is 1. The van der Waals surface area contributed by atoms with E-state index in [1.165, 1.54) is 13.8 Å². The Morgan fingerprint density at radius 3 is 2.07 bits per heavy atom. The van der Waals surface area contributed by atoms with Crippen LogP contribution in [0.25, 0.3) is 0 Å². The Labute approximate surface area is 96.2 Å². The molecule has 0 unspecified atom stereocenters. The summed E-state index contributed by atoms with van der Waals surface area (Å²) in [7, 11) is 0. The van der Waals surface area contributed by atoms with E-state index in [1.807, 2.05) is 0 Å². The Hall–Kier alpha value is -1.16. The van der Waals surface area contributed by atoms with Gasteiger partial charge in [-0.3, -0.25) is 9.59 Å². The molecule has 0 atom stereocenters. The molecule has 1 N–H and O–H groups in total. The Morgan fingerprint density at radius 1 is 1.20 bits per heavy atom. The molecule has 0 heterocycles. The highest BCUT2D eigenvalue weighted by molar-refractivity contribution is 9.10. The van der Waals surface area contributed by atoms with E-state index >= 15 is 0 Å². The third-order valence-corrected chi connectivity index (χ3v) is 2.74. The number of benzene rings is 1. The zero-order chi connectivity index (χ0) is 11.6. The first-order valence-corrected chi connectivity index (χ1v) is 5.19. The number of rotatable bonds is 3.